The van der Waals surface area contributed by atoms with Gasteiger partial charge in [-0.3, -0.25) is 14.6 Å². The topological polar surface area (TPSA) is 62.3 Å². The third kappa shape index (κ3) is 3.28. The molecule has 3 aromatic rings. The Kier molecular flexibility index (Phi) is 4.58. The average Bonchev–Trinajstić information content (AvgIpc) is 2.67. The van der Waals surface area contributed by atoms with Gasteiger partial charge >= 0.3 is 0 Å². The Balaban J connectivity index is 1.47. The summed E-state index contributed by atoms with van der Waals surface area (Å²) >= 11 is 1.54. The van der Waals surface area contributed by atoms with E-state index in [-0.39, 0.29) is 18.2 Å². The molecule has 1 aliphatic heterocycles. The fraction of sp³-hybridized carbons (Fsp3) is 0.150. The number of rotatable bonds is 4. The van der Waals surface area contributed by atoms with Crippen LogP contribution in [0, 0.1) is 0 Å². The van der Waals surface area contributed by atoms with Crippen molar-refractivity contribution in [2.75, 3.05) is 22.5 Å². The molecule has 2 aromatic carbocycles. The number of carbonyl (C=O) groups is 2. The van der Waals surface area contributed by atoms with Crippen molar-refractivity contribution < 1.29 is 9.59 Å². The second kappa shape index (κ2) is 7.17. The number of aromatic nitrogens is 1. The van der Waals surface area contributed by atoms with Crippen molar-refractivity contribution >= 4 is 45.9 Å². The van der Waals surface area contributed by atoms with Crippen molar-refractivity contribution in [3.63, 3.8) is 0 Å². The highest BCUT2D eigenvalue weighted by Gasteiger charge is 2.24. The van der Waals surface area contributed by atoms with Crippen LogP contribution in [0.4, 0.5) is 11.4 Å². The summed E-state index contributed by atoms with van der Waals surface area (Å²) in [5.74, 6) is 0.328. The van der Waals surface area contributed by atoms with Gasteiger partial charge in [-0.05, 0) is 36.4 Å². The van der Waals surface area contributed by atoms with Crippen molar-refractivity contribution in [3.05, 3.63) is 60.8 Å². The molecule has 0 unspecified atom stereocenters. The Morgan fingerprint density at radius 1 is 1.12 bits per heavy atom. The van der Waals surface area contributed by atoms with Gasteiger partial charge in [-0.15, -0.1) is 11.8 Å². The lowest BCUT2D eigenvalue weighted by molar-refractivity contribution is -0.117. The first-order valence-corrected chi connectivity index (χ1v) is 9.37. The van der Waals surface area contributed by atoms with E-state index >= 15 is 0 Å². The van der Waals surface area contributed by atoms with Gasteiger partial charge in [0.2, 0.25) is 11.8 Å². The molecule has 0 radical (unpaired) electrons. The maximum Gasteiger partial charge on any atom is 0.237 e. The molecule has 0 atom stereocenters. The normalized spacial score (nSPS) is 13.5. The van der Waals surface area contributed by atoms with Crippen LogP contribution < -0.4 is 10.2 Å². The fourth-order valence-corrected chi connectivity index (χ4v) is 3.97. The van der Waals surface area contributed by atoms with E-state index in [4.69, 9.17) is 0 Å². The van der Waals surface area contributed by atoms with E-state index in [0.717, 1.165) is 27.2 Å². The second-order valence-electron chi connectivity index (χ2n) is 5.98. The molecule has 5 nitrogen and oxygen atoms in total. The van der Waals surface area contributed by atoms with Gasteiger partial charge in [-0.1, -0.05) is 18.2 Å². The van der Waals surface area contributed by atoms with Crippen LogP contribution in [0.3, 0.4) is 0 Å². The Labute approximate surface area is 155 Å². The molecule has 0 saturated heterocycles. The zero-order valence-corrected chi connectivity index (χ0v) is 14.8. The van der Waals surface area contributed by atoms with E-state index in [0.29, 0.717) is 12.3 Å². The van der Waals surface area contributed by atoms with Gasteiger partial charge in [0.1, 0.15) is 0 Å². The number of fused-ring (bicyclic) bond motifs is 2. The second-order valence-corrected chi connectivity index (χ2v) is 6.99. The Morgan fingerprint density at radius 3 is 2.92 bits per heavy atom. The molecule has 0 spiro atoms. The van der Waals surface area contributed by atoms with Crippen LogP contribution >= 0.6 is 11.8 Å². The zero-order chi connectivity index (χ0) is 17.9. The predicted octanol–water partition coefficient (Wildman–Crippen LogP) is 3.70. The highest BCUT2D eigenvalue weighted by Crippen LogP contribution is 2.34. The first kappa shape index (κ1) is 16.6. The van der Waals surface area contributed by atoms with E-state index in [9.17, 15) is 9.59 Å². The molecule has 1 aliphatic rings. The van der Waals surface area contributed by atoms with E-state index < -0.39 is 0 Å². The molecule has 130 valence electrons. The molecule has 0 bridgehead atoms. The number of carbonyl (C=O) groups excluding carboxylic acids is 2. The van der Waals surface area contributed by atoms with Gasteiger partial charge in [0.25, 0.3) is 0 Å². The lowest BCUT2D eigenvalue weighted by Crippen LogP contribution is -2.37. The Bertz CT molecular complexity index is 984. The van der Waals surface area contributed by atoms with E-state index in [1.807, 2.05) is 54.6 Å². The van der Waals surface area contributed by atoms with Crippen molar-refractivity contribution in [2.45, 2.75) is 11.3 Å². The third-order valence-corrected chi connectivity index (χ3v) is 5.34. The number of nitrogens with one attached hydrogen (secondary N) is 1. The van der Waals surface area contributed by atoms with Gasteiger partial charge in [-0.25, -0.2) is 0 Å². The van der Waals surface area contributed by atoms with Gasteiger partial charge < -0.3 is 10.2 Å². The largest absolute Gasteiger partial charge is 0.325 e. The Morgan fingerprint density at radius 2 is 2.00 bits per heavy atom. The summed E-state index contributed by atoms with van der Waals surface area (Å²) in [5, 5.41) is 3.84. The predicted molar refractivity (Wildman–Crippen MR) is 105 cm³/mol. The van der Waals surface area contributed by atoms with E-state index in [1.165, 1.54) is 0 Å². The number of pyridine rings is 1. The van der Waals surface area contributed by atoms with E-state index in [1.54, 1.807) is 22.9 Å². The fourth-order valence-electron chi connectivity index (χ4n) is 3.04. The summed E-state index contributed by atoms with van der Waals surface area (Å²) in [5.41, 5.74) is 2.46. The highest BCUT2D eigenvalue weighted by molar-refractivity contribution is 8.00. The maximum absolute atomic E-state index is 12.4. The monoisotopic (exact) mass is 363 g/mol. The van der Waals surface area contributed by atoms with E-state index in [2.05, 4.69) is 10.3 Å². The van der Waals surface area contributed by atoms with Gasteiger partial charge in [0, 0.05) is 29.4 Å². The summed E-state index contributed by atoms with van der Waals surface area (Å²) in [6, 6.07) is 17.2. The van der Waals surface area contributed by atoms with Crippen LogP contribution in [0.25, 0.3) is 10.9 Å². The first-order valence-electron chi connectivity index (χ1n) is 8.38. The van der Waals surface area contributed by atoms with Crippen molar-refractivity contribution in [2.24, 2.45) is 0 Å². The molecule has 1 N–H and O–H groups in total. The number of benzene rings is 2. The average molecular weight is 363 g/mol. The third-order valence-electron chi connectivity index (χ3n) is 4.29. The molecular formula is C20H17N3O2S. The summed E-state index contributed by atoms with van der Waals surface area (Å²) in [6.07, 6.45) is 1.97. The number of nitrogens with zero attached hydrogens (tertiary/aromatic N) is 2. The minimum absolute atomic E-state index is 0.0378. The molecule has 4 rings (SSSR count). The lowest BCUT2D eigenvalue weighted by Gasteiger charge is -2.28. The van der Waals surface area contributed by atoms with Crippen LogP contribution in [-0.4, -0.2) is 29.1 Å². The van der Waals surface area contributed by atoms with Crippen LogP contribution in [0.2, 0.25) is 0 Å². The minimum Gasteiger partial charge on any atom is -0.325 e. The number of amides is 2. The summed E-state index contributed by atoms with van der Waals surface area (Å²) in [4.78, 5) is 31.8. The standard InChI is InChI=1S/C20H17N3O2S/c24-19(22-16-7-3-6-15-14(16)5-4-11-21-15)10-12-23-17-8-1-2-9-18(17)26-13-20(23)25/h1-9,11H,10,12-13H2,(H,22,24). The summed E-state index contributed by atoms with van der Waals surface area (Å²) in [6.45, 7) is 0.366. The van der Waals surface area contributed by atoms with Crippen molar-refractivity contribution in [1.29, 1.82) is 0 Å². The number of hydrogen-bond donors (Lipinski definition) is 1. The molecule has 0 saturated carbocycles. The molecule has 0 fully saturated rings. The molecule has 2 amide bonds. The smallest absolute Gasteiger partial charge is 0.237 e. The number of hydrogen-bond acceptors (Lipinski definition) is 4. The van der Waals surface area contributed by atoms with Crippen LogP contribution in [0.5, 0.6) is 0 Å². The molecule has 0 aliphatic carbocycles. The summed E-state index contributed by atoms with van der Waals surface area (Å²) < 4.78 is 0. The molecule has 6 heteroatoms. The number of anilines is 2. The lowest BCUT2D eigenvalue weighted by atomic mass is 10.2. The number of thioether (sulfide) groups is 1. The molecular weight excluding hydrogens is 346 g/mol. The zero-order valence-electron chi connectivity index (χ0n) is 14.0. The van der Waals surface area contributed by atoms with Gasteiger partial charge in [0.15, 0.2) is 0 Å². The van der Waals surface area contributed by atoms with Crippen molar-refractivity contribution in [3.8, 4) is 0 Å². The number of para-hydroxylation sites is 1. The molecule has 2 heterocycles. The quantitative estimate of drug-likeness (QED) is 0.768. The SMILES string of the molecule is O=C(CCN1C(=O)CSc2ccccc21)Nc1cccc2ncccc12. The van der Waals surface area contributed by atoms with Crippen LogP contribution in [-0.2, 0) is 9.59 Å². The highest BCUT2D eigenvalue weighted by atomic mass is 32.2. The Hall–Kier alpha value is -2.86. The van der Waals surface area contributed by atoms with Crippen LogP contribution in [0.15, 0.2) is 65.7 Å². The maximum atomic E-state index is 12.4. The first-order chi connectivity index (χ1) is 12.7. The van der Waals surface area contributed by atoms with Crippen molar-refractivity contribution in [1.82, 2.24) is 4.98 Å². The van der Waals surface area contributed by atoms with Gasteiger partial charge in [-0.2, -0.15) is 0 Å². The molecule has 1 aromatic heterocycles. The van der Waals surface area contributed by atoms with Crippen LogP contribution in [0.1, 0.15) is 6.42 Å². The van der Waals surface area contributed by atoms with Gasteiger partial charge in [0.05, 0.1) is 22.6 Å². The summed E-state index contributed by atoms with van der Waals surface area (Å²) in [7, 11) is 0. The minimum atomic E-state index is -0.120. The molecule has 26 heavy (non-hydrogen) atoms.